The van der Waals surface area contributed by atoms with Crippen molar-refractivity contribution in [3.63, 3.8) is 0 Å². The number of ether oxygens (including phenoxy) is 1. The Morgan fingerprint density at radius 1 is 1.35 bits per heavy atom. The summed E-state index contributed by atoms with van der Waals surface area (Å²) in [5, 5.41) is 0. The number of nitrogens with zero attached hydrogens (tertiary/aromatic N) is 1. The molecule has 3 nitrogen and oxygen atoms in total. The monoisotopic (exact) mass is 275 g/mol. The van der Waals surface area contributed by atoms with Gasteiger partial charge >= 0.3 is 0 Å². The molecule has 1 unspecified atom stereocenters. The molecule has 0 spiro atoms. The zero-order valence-corrected chi connectivity index (χ0v) is 12.8. The van der Waals surface area contributed by atoms with Gasteiger partial charge in [0.05, 0.1) is 5.60 Å². The summed E-state index contributed by atoms with van der Waals surface area (Å²) >= 11 is 0. The average Bonchev–Trinajstić information content (AvgIpc) is 2.46. The minimum Gasteiger partial charge on any atom is -0.377 e. The fourth-order valence-electron chi connectivity index (χ4n) is 2.81. The molecule has 1 aromatic carbocycles. The van der Waals surface area contributed by atoms with Crippen molar-refractivity contribution in [1.82, 2.24) is 4.90 Å². The van der Waals surface area contributed by atoms with Gasteiger partial charge in [-0.3, -0.25) is 4.79 Å². The van der Waals surface area contributed by atoms with E-state index in [2.05, 4.69) is 11.8 Å². The molecule has 0 amide bonds. The summed E-state index contributed by atoms with van der Waals surface area (Å²) in [5.74, 6) is 0.231. The fourth-order valence-corrected chi connectivity index (χ4v) is 2.81. The number of hydrogen-bond acceptors (Lipinski definition) is 3. The van der Waals surface area contributed by atoms with E-state index in [0.717, 1.165) is 38.0 Å². The van der Waals surface area contributed by atoms with Crippen molar-refractivity contribution in [2.45, 2.75) is 38.7 Å². The number of ketones is 1. The van der Waals surface area contributed by atoms with Crippen molar-refractivity contribution >= 4 is 5.78 Å². The lowest BCUT2D eigenvalue weighted by molar-refractivity contribution is -0.0503. The van der Waals surface area contributed by atoms with Crippen LogP contribution in [0.1, 0.15) is 42.1 Å². The molecule has 0 radical (unpaired) electrons. The molecule has 1 aliphatic rings. The second-order valence-electron chi connectivity index (χ2n) is 6.07. The van der Waals surface area contributed by atoms with Gasteiger partial charge in [-0.15, -0.1) is 0 Å². The summed E-state index contributed by atoms with van der Waals surface area (Å²) < 4.78 is 5.59. The first-order chi connectivity index (χ1) is 9.52. The van der Waals surface area contributed by atoms with E-state index in [1.807, 2.05) is 31.2 Å². The number of carbonyl (C=O) groups is 1. The minimum absolute atomic E-state index is 0.0504. The highest BCUT2D eigenvalue weighted by Crippen LogP contribution is 2.24. The molecule has 1 atom stereocenters. The Balaban J connectivity index is 1.85. The molecular weight excluding hydrogens is 250 g/mol. The molecule has 1 fully saturated rings. The number of Topliss-reactive ketones (excluding diaryl/α,β-unsaturated/α-hetero) is 1. The van der Waals surface area contributed by atoms with E-state index in [4.69, 9.17) is 4.74 Å². The topological polar surface area (TPSA) is 29.5 Å². The molecule has 1 aromatic rings. The SMILES string of the molecule is COC1(C)CCCN(CCC(=O)c2ccc(C)cc2)C1. The Kier molecular flexibility index (Phi) is 4.95. The first-order valence-electron chi connectivity index (χ1n) is 7.40. The maximum atomic E-state index is 12.2. The standard InChI is InChI=1S/C17H25NO2/c1-14-5-7-15(8-6-14)16(19)9-12-18-11-4-10-17(2,13-18)20-3/h5-8H,4,9-13H2,1-3H3. The highest BCUT2D eigenvalue weighted by Gasteiger charge is 2.30. The van der Waals surface area contributed by atoms with E-state index in [-0.39, 0.29) is 11.4 Å². The van der Waals surface area contributed by atoms with E-state index >= 15 is 0 Å². The van der Waals surface area contributed by atoms with Crippen LogP contribution in [0.2, 0.25) is 0 Å². The summed E-state index contributed by atoms with van der Waals surface area (Å²) in [5.41, 5.74) is 1.96. The third kappa shape index (κ3) is 3.90. The minimum atomic E-state index is -0.0504. The number of hydrogen-bond donors (Lipinski definition) is 0. The van der Waals surface area contributed by atoms with Crippen LogP contribution in [0.5, 0.6) is 0 Å². The van der Waals surface area contributed by atoms with Crippen molar-refractivity contribution in [3.8, 4) is 0 Å². The molecule has 0 aromatic heterocycles. The summed E-state index contributed by atoms with van der Waals surface area (Å²) in [7, 11) is 1.78. The molecule has 1 aliphatic heterocycles. The molecule has 1 saturated heterocycles. The van der Waals surface area contributed by atoms with Crippen molar-refractivity contribution in [2.24, 2.45) is 0 Å². The number of rotatable bonds is 5. The van der Waals surface area contributed by atoms with Crippen molar-refractivity contribution in [3.05, 3.63) is 35.4 Å². The lowest BCUT2D eigenvalue weighted by atomic mass is 9.94. The van der Waals surface area contributed by atoms with E-state index in [0.29, 0.717) is 6.42 Å². The van der Waals surface area contributed by atoms with Crippen LogP contribution in [0.25, 0.3) is 0 Å². The van der Waals surface area contributed by atoms with Crippen molar-refractivity contribution < 1.29 is 9.53 Å². The predicted octanol–water partition coefficient (Wildman–Crippen LogP) is 3.07. The van der Waals surface area contributed by atoms with Crippen LogP contribution in [0.15, 0.2) is 24.3 Å². The van der Waals surface area contributed by atoms with E-state index < -0.39 is 0 Å². The van der Waals surface area contributed by atoms with Gasteiger partial charge in [0, 0.05) is 32.2 Å². The Hall–Kier alpha value is -1.19. The van der Waals surface area contributed by atoms with Gasteiger partial charge in [-0.1, -0.05) is 29.8 Å². The Morgan fingerprint density at radius 3 is 2.70 bits per heavy atom. The fraction of sp³-hybridized carbons (Fsp3) is 0.588. The number of benzene rings is 1. The summed E-state index contributed by atoms with van der Waals surface area (Å²) in [4.78, 5) is 14.5. The van der Waals surface area contributed by atoms with E-state index in [1.54, 1.807) is 7.11 Å². The molecular formula is C17H25NO2. The van der Waals surface area contributed by atoms with E-state index in [1.165, 1.54) is 5.56 Å². The molecule has 20 heavy (non-hydrogen) atoms. The lowest BCUT2D eigenvalue weighted by Crippen LogP contribution is -2.47. The third-order valence-electron chi connectivity index (χ3n) is 4.26. The van der Waals surface area contributed by atoms with Gasteiger partial charge < -0.3 is 9.64 Å². The van der Waals surface area contributed by atoms with Crippen LogP contribution >= 0.6 is 0 Å². The van der Waals surface area contributed by atoms with Crippen molar-refractivity contribution in [1.29, 1.82) is 0 Å². The zero-order chi connectivity index (χ0) is 14.6. The molecule has 0 N–H and O–H groups in total. The first-order valence-corrected chi connectivity index (χ1v) is 7.40. The van der Waals surface area contributed by atoms with Crippen LogP contribution in [0.4, 0.5) is 0 Å². The maximum absolute atomic E-state index is 12.2. The predicted molar refractivity (Wildman–Crippen MR) is 81.2 cm³/mol. The molecule has 3 heteroatoms. The number of likely N-dealkylation sites (tertiary alicyclic amines) is 1. The van der Waals surface area contributed by atoms with Gasteiger partial charge in [-0.2, -0.15) is 0 Å². The molecule has 110 valence electrons. The quantitative estimate of drug-likeness (QED) is 0.773. The molecule has 0 aliphatic carbocycles. The van der Waals surface area contributed by atoms with Gasteiger partial charge in [0.2, 0.25) is 0 Å². The van der Waals surface area contributed by atoms with Crippen LogP contribution in [0, 0.1) is 6.92 Å². The Morgan fingerprint density at radius 2 is 2.05 bits per heavy atom. The Bertz CT molecular complexity index is 455. The lowest BCUT2D eigenvalue weighted by Gasteiger charge is -2.39. The molecule has 1 heterocycles. The summed E-state index contributed by atoms with van der Waals surface area (Å²) in [6.07, 6.45) is 2.83. The second-order valence-corrected chi connectivity index (χ2v) is 6.07. The summed E-state index contributed by atoms with van der Waals surface area (Å²) in [6, 6.07) is 7.84. The van der Waals surface area contributed by atoms with Crippen LogP contribution in [-0.4, -0.2) is 43.0 Å². The van der Waals surface area contributed by atoms with Gasteiger partial charge in [0.25, 0.3) is 0 Å². The smallest absolute Gasteiger partial charge is 0.164 e. The van der Waals surface area contributed by atoms with Crippen LogP contribution in [-0.2, 0) is 4.74 Å². The van der Waals surface area contributed by atoms with Gasteiger partial charge in [0.1, 0.15) is 0 Å². The second kappa shape index (κ2) is 6.51. The van der Waals surface area contributed by atoms with Crippen LogP contribution in [0.3, 0.4) is 0 Å². The largest absolute Gasteiger partial charge is 0.377 e. The molecule has 2 rings (SSSR count). The zero-order valence-electron chi connectivity index (χ0n) is 12.8. The molecule has 0 saturated carbocycles. The normalized spacial score (nSPS) is 23.8. The number of methoxy groups -OCH3 is 1. The third-order valence-corrected chi connectivity index (χ3v) is 4.26. The van der Waals surface area contributed by atoms with Crippen molar-refractivity contribution in [2.75, 3.05) is 26.7 Å². The number of piperidine rings is 1. The molecule has 0 bridgehead atoms. The maximum Gasteiger partial charge on any atom is 0.164 e. The number of aryl methyl sites for hydroxylation is 1. The Labute approximate surface area is 121 Å². The highest BCUT2D eigenvalue weighted by atomic mass is 16.5. The van der Waals surface area contributed by atoms with E-state index in [9.17, 15) is 4.79 Å². The van der Waals surface area contributed by atoms with Gasteiger partial charge in [0.15, 0.2) is 5.78 Å². The van der Waals surface area contributed by atoms with Crippen LogP contribution < -0.4 is 0 Å². The first kappa shape index (κ1) is 15.2. The number of carbonyl (C=O) groups excluding carboxylic acids is 1. The highest BCUT2D eigenvalue weighted by molar-refractivity contribution is 5.96. The average molecular weight is 275 g/mol. The van der Waals surface area contributed by atoms with Gasteiger partial charge in [-0.05, 0) is 33.2 Å². The van der Waals surface area contributed by atoms with Gasteiger partial charge in [-0.25, -0.2) is 0 Å². The summed E-state index contributed by atoms with van der Waals surface area (Å²) in [6.45, 7) is 7.00.